The summed E-state index contributed by atoms with van der Waals surface area (Å²) in [4.78, 5) is 8.26. The van der Waals surface area contributed by atoms with Crippen LogP contribution in [0.5, 0.6) is 11.5 Å². The summed E-state index contributed by atoms with van der Waals surface area (Å²) in [6.07, 6.45) is 4.60. The van der Waals surface area contributed by atoms with E-state index in [1.54, 1.807) is 22.8 Å². The van der Waals surface area contributed by atoms with Crippen LogP contribution in [0.4, 0.5) is 5.95 Å². The maximum absolute atomic E-state index is 13.6. The number of rotatable bonds is 10. The number of hydrogen-bond acceptors (Lipinski definition) is 10. The summed E-state index contributed by atoms with van der Waals surface area (Å²) >= 11 is 5.89. The quantitative estimate of drug-likeness (QED) is 0.374. The Labute approximate surface area is 232 Å². The summed E-state index contributed by atoms with van der Waals surface area (Å²) in [5.41, 5.74) is 0.458. The minimum absolute atomic E-state index is 0.0155. The predicted octanol–water partition coefficient (Wildman–Crippen LogP) is 4.04. The number of halogens is 1. The fourth-order valence-electron chi connectivity index (χ4n) is 4.74. The predicted molar refractivity (Wildman–Crippen MR) is 144 cm³/mol. The molecule has 4 rings (SSSR count). The fraction of sp³-hybridized carbons (Fsp3) is 0.480. The van der Waals surface area contributed by atoms with E-state index in [0.717, 1.165) is 0 Å². The monoisotopic (exact) mass is 575 g/mol. The van der Waals surface area contributed by atoms with Crippen LogP contribution in [0.2, 0.25) is 5.02 Å². The Morgan fingerprint density at radius 3 is 2.23 bits per heavy atom. The Bertz CT molecular complexity index is 1410. The minimum atomic E-state index is -4.12. The van der Waals surface area contributed by atoms with Gasteiger partial charge in [0.25, 0.3) is 0 Å². The van der Waals surface area contributed by atoms with Crippen LogP contribution in [-0.2, 0) is 14.8 Å². The molecule has 0 aliphatic heterocycles. The summed E-state index contributed by atoms with van der Waals surface area (Å²) in [5, 5.41) is 17.2. The number of nitriles is 1. The first-order chi connectivity index (χ1) is 18.7. The van der Waals surface area contributed by atoms with Gasteiger partial charge in [0.1, 0.15) is 34.4 Å². The normalized spacial score (nSPS) is 19.1. The van der Waals surface area contributed by atoms with Gasteiger partial charge in [-0.25, -0.2) is 18.4 Å². The number of nitrogens with zero attached hydrogens (tertiary/aromatic N) is 6. The lowest BCUT2D eigenvalue weighted by atomic mass is 9.82. The number of para-hydroxylation sites is 1. The van der Waals surface area contributed by atoms with Crippen molar-refractivity contribution in [2.45, 2.75) is 49.9 Å². The molecule has 1 aliphatic carbocycles. The lowest BCUT2D eigenvalue weighted by molar-refractivity contribution is 0.0950. The van der Waals surface area contributed by atoms with Gasteiger partial charge in [-0.1, -0.05) is 17.7 Å². The molecule has 1 aliphatic rings. The Morgan fingerprint density at radius 1 is 1.08 bits per heavy atom. The molecule has 2 aromatic heterocycles. The highest BCUT2D eigenvalue weighted by Crippen LogP contribution is 2.41. The molecule has 1 fully saturated rings. The van der Waals surface area contributed by atoms with Crippen LogP contribution in [0.15, 0.2) is 30.6 Å². The molecule has 1 N–H and O–H groups in total. The molecule has 3 aromatic rings. The van der Waals surface area contributed by atoms with Gasteiger partial charge in [0.15, 0.2) is 5.82 Å². The molecule has 2 heterocycles. The highest BCUT2D eigenvalue weighted by molar-refractivity contribution is 7.93. The lowest BCUT2D eigenvalue weighted by Gasteiger charge is -2.26. The third-order valence-corrected chi connectivity index (χ3v) is 8.77. The second kappa shape index (κ2) is 12.1. The molecule has 1 aromatic carbocycles. The first-order valence-corrected chi connectivity index (χ1v) is 14.2. The van der Waals surface area contributed by atoms with Gasteiger partial charge in [0, 0.05) is 31.3 Å². The van der Waals surface area contributed by atoms with Crippen LogP contribution in [0.3, 0.4) is 0 Å². The average molecular weight is 576 g/mol. The van der Waals surface area contributed by atoms with Crippen LogP contribution in [0, 0.1) is 17.2 Å². The SMILES string of the molecule is COc1cccc(OC)c1-n1c(NS(=O)(=O)[C@@H](C)[C@H](OC)c2ncc(Cl)cn2)nnc1[C@H]1CC[C@@H](C#N)CC1. The van der Waals surface area contributed by atoms with Crippen molar-refractivity contribution in [2.24, 2.45) is 5.92 Å². The first kappa shape index (κ1) is 28.5. The molecule has 0 bridgehead atoms. The number of nitrogens with one attached hydrogen (secondary N) is 1. The van der Waals surface area contributed by atoms with Crippen molar-refractivity contribution < 1.29 is 22.6 Å². The Kier molecular flexibility index (Phi) is 8.89. The molecule has 12 nitrogen and oxygen atoms in total. The summed E-state index contributed by atoms with van der Waals surface area (Å²) < 4.78 is 48.2. The van der Waals surface area contributed by atoms with Gasteiger partial charge in [-0.05, 0) is 44.7 Å². The molecule has 1 saturated carbocycles. The minimum Gasteiger partial charge on any atom is -0.494 e. The van der Waals surface area contributed by atoms with Gasteiger partial charge < -0.3 is 14.2 Å². The molecule has 0 amide bonds. The highest BCUT2D eigenvalue weighted by atomic mass is 35.5. The molecular weight excluding hydrogens is 546 g/mol. The van der Waals surface area contributed by atoms with Gasteiger partial charge in [-0.2, -0.15) is 5.26 Å². The number of sulfonamides is 1. The van der Waals surface area contributed by atoms with E-state index in [9.17, 15) is 13.7 Å². The fourth-order valence-corrected chi connectivity index (χ4v) is 5.97. The van der Waals surface area contributed by atoms with Crippen molar-refractivity contribution >= 4 is 27.6 Å². The molecule has 39 heavy (non-hydrogen) atoms. The number of methoxy groups -OCH3 is 3. The van der Waals surface area contributed by atoms with Crippen molar-refractivity contribution in [1.82, 2.24) is 24.7 Å². The third kappa shape index (κ3) is 5.93. The average Bonchev–Trinajstić information content (AvgIpc) is 3.35. The third-order valence-electron chi connectivity index (χ3n) is 6.89. The maximum atomic E-state index is 13.6. The number of ether oxygens (including phenoxy) is 3. The summed E-state index contributed by atoms with van der Waals surface area (Å²) in [7, 11) is 0.294. The zero-order chi connectivity index (χ0) is 28.2. The van der Waals surface area contributed by atoms with E-state index >= 15 is 0 Å². The van der Waals surface area contributed by atoms with Crippen molar-refractivity contribution in [3.63, 3.8) is 0 Å². The molecule has 0 radical (unpaired) electrons. The summed E-state index contributed by atoms with van der Waals surface area (Å²) in [6.45, 7) is 1.49. The standard InChI is InChI=1S/C25H30ClN7O5S/c1-15(22(38-4)23-28-13-18(26)14-29-23)39(34,35)32-25-31-30-24(17-10-8-16(12-27)9-11-17)33(25)21-19(36-2)6-5-7-20(21)37-3/h5-7,13-17,22H,8-11H2,1-4H3,(H,31,32)/t15-,16-,17+,22-/m0/s1. The zero-order valence-corrected chi connectivity index (χ0v) is 23.6. The van der Waals surface area contributed by atoms with E-state index < -0.39 is 21.4 Å². The maximum Gasteiger partial charge on any atom is 0.243 e. The second-order valence-electron chi connectivity index (χ2n) is 9.17. The van der Waals surface area contributed by atoms with Gasteiger partial charge in [0.05, 0.1) is 25.3 Å². The number of benzene rings is 1. The van der Waals surface area contributed by atoms with Crippen molar-refractivity contribution in [2.75, 3.05) is 26.1 Å². The van der Waals surface area contributed by atoms with Crippen LogP contribution < -0.4 is 14.2 Å². The largest absolute Gasteiger partial charge is 0.494 e. The van der Waals surface area contributed by atoms with E-state index in [1.165, 1.54) is 40.6 Å². The topological polar surface area (TPSA) is 154 Å². The van der Waals surface area contributed by atoms with E-state index in [-0.39, 0.29) is 23.6 Å². The summed E-state index contributed by atoms with van der Waals surface area (Å²) in [5.74, 6) is 1.50. The van der Waals surface area contributed by atoms with Crippen molar-refractivity contribution in [1.29, 1.82) is 5.26 Å². The second-order valence-corrected chi connectivity index (χ2v) is 11.6. The van der Waals surface area contributed by atoms with E-state index in [0.29, 0.717) is 53.7 Å². The number of anilines is 1. The van der Waals surface area contributed by atoms with E-state index in [4.69, 9.17) is 25.8 Å². The van der Waals surface area contributed by atoms with E-state index in [2.05, 4.69) is 31.0 Å². The molecule has 208 valence electrons. The van der Waals surface area contributed by atoms with Gasteiger partial charge in [0.2, 0.25) is 16.0 Å². The Hall–Kier alpha value is -3.47. The Morgan fingerprint density at radius 2 is 1.69 bits per heavy atom. The molecule has 0 saturated heterocycles. The van der Waals surface area contributed by atoms with Gasteiger partial charge >= 0.3 is 0 Å². The molecule has 0 spiro atoms. The van der Waals surface area contributed by atoms with E-state index in [1.807, 2.05) is 0 Å². The number of hydrogen-bond donors (Lipinski definition) is 1. The van der Waals surface area contributed by atoms with Crippen molar-refractivity contribution in [3.8, 4) is 23.3 Å². The molecule has 0 unspecified atom stereocenters. The van der Waals surface area contributed by atoms with Crippen LogP contribution in [0.1, 0.15) is 56.3 Å². The highest BCUT2D eigenvalue weighted by Gasteiger charge is 2.36. The first-order valence-electron chi connectivity index (χ1n) is 12.3. The zero-order valence-electron chi connectivity index (χ0n) is 22.0. The van der Waals surface area contributed by atoms with Crippen LogP contribution in [0.25, 0.3) is 5.69 Å². The number of aromatic nitrogens is 5. The molecular formula is C25H30ClN7O5S. The lowest BCUT2D eigenvalue weighted by Crippen LogP contribution is -2.33. The van der Waals surface area contributed by atoms with Gasteiger partial charge in [-0.3, -0.25) is 9.29 Å². The molecule has 14 heteroatoms. The smallest absolute Gasteiger partial charge is 0.243 e. The van der Waals surface area contributed by atoms with Crippen molar-refractivity contribution in [3.05, 3.63) is 47.3 Å². The summed E-state index contributed by atoms with van der Waals surface area (Å²) in [6, 6.07) is 7.59. The molecule has 2 atom stereocenters. The van der Waals surface area contributed by atoms with Crippen LogP contribution >= 0.6 is 11.6 Å². The van der Waals surface area contributed by atoms with Gasteiger partial charge in [-0.15, -0.1) is 10.2 Å². The Balaban J connectivity index is 1.77. The van der Waals surface area contributed by atoms with Crippen LogP contribution in [-0.4, -0.2) is 59.7 Å².